The van der Waals surface area contributed by atoms with Gasteiger partial charge in [-0.3, -0.25) is 0 Å². The Morgan fingerprint density at radius 3 is 2.80 bits per heavy atom. The number of aromatic nitrogens is 1. The van der Waals surface area contributed by atoms with Crippen LogP contribution in [0.15, 0.2) is 27.7 Å². The van der Waals surface area contributed by atoms with Crippen molar-refractivity contribution in [3.63, 3.8) is 0 Å². The molecule has 0 N–H and O–H groups in total. The van der Waals surface area contributed by atoms with E-state index in [0.29, 0.717) is 6.61 Å². The molecule has 25 heavy (non-hydrogen) atoms. The van der Waals surface area contributed by atoms with Gasteiger partial charge in [-0.15, -0.1) is 0 Å². The van der Waals surface area contributed by atoms with Crippen LogP contribution < -0.4 is 4.74 Å². The van der Waals surface area contributed by atoms with Gasteiger partial charge >= 0.3 is 0 Å². The molecule has 136 valence electrons. The van der Waals surface area contributed by atoms with E-state index < -0.39 is 0 Å². The summed E-state index contributed by atoms with van der Waals surface area (Å²) in [5.74, 6) is 1.76. The Bertz CT molecular complexity index is 692. The smallest absolute Gasteiger partial charge is 0.227 e. The topological polar surface area (TPSA) is 56.9 Å². The monoisotopic (exact) mass is 362 g/mol. The zero-order valence-electron chi connectivity index (χ0n) is 15.0. The third-order valence-electron chi connectivity index (χ3n) is 4.08. The lowest BCUT2D eigenvalue weighted by atomic mass is 10.1. The van der Waals surface area contributed by atoms with Gasteiger partial charge in [0.2, 0.25) is 5.90 Å². The average molecular weight is 362 g/mol. The van der Waals surface area contributed by atoms with E-state index in [9.17, 15) is 0 Å². The van der Waals surface area contributed by atoms with Crippen LogP contribution in [0.3, 0.4) is 0 Å². The maximum atomic E-state index is 5.84. The lowest BCUT2D eigenvalue weighted by molar-refractivity contribution is 0.312. The molecule has 2 aromatic rings. The molecule has 0 unspecified atom stereocenters. The fraction of sp³-hybridized carbons (Fsp3) is 0.579. The summed E-state index contributed by atoms with van der Waals surface area (Å²) in [5.41, 5.74) is 0.963. The number of unbranched alkanes of at least 4 members (excludes halogenated alkanes) is 4. The molecule has 0 spiro atoms. The van der Waals surface area contributed by atoms with Crippen molar-refractivity contribution in [2.75, 3.05) is 13.2 Å². The third-order valence-corrected chi connectivity index (χ3v) is 5.07. The molecule has 0 saturated carbocycles. The largest absolute Gasteiger partial charge is 0.484 e. The lowest BCUT2D eigenvalue weighted by Gasteiger charge is -2.03. The highest BCUT2D eigenvalue weighted by atomic mass is 32.1. The summed E-state index contributed by atoms with van der Waals surface area (Å²) in [6.07, 6.45) is 6.88. The predicted octanol–water partition coefficient (Wildman–Crippen LogP) is 4.78. The molecular formula is C19H26N2O3S. The maximum absolute atomic E-state index is 5.84. The lowest BCUT2D eigenvalue weighted by Crippen LogP contribution is -2.00. The van der Waals surface area contributed by atoms with Gasteiger partial charge in [0.1, 0.15) is 12.4 Å². The van der Waals surface area contributed by atoms with Crippen LogP contribution in [0, 0.1) is 6.92 Å². The molecule has 0 saturated heterocycles. The van der Waals surface area contributed by atoms with Crippen molar-refractivity contribution >= 4 is 17.2 Å². The predicted molar refractivity (Wildman–Crippen MR) is 99.8 cm³/mol. The Hall–Kier alpha value is -1.82. The number of aliphatic imine (C=N–C) groups is 1. The van der Waals surface area contributed by atoms with Crippen molar-refractivity contribution in [3.8, 4) is 5.06 Å². The van der Waals surface area contributed by atoms with Crippen LogP contribution in [-0.4, -0.2) is 30.3 Å². The first kappa shape index (κ1) is 18.0. The van der Waals surface area contributed by atoms with Crippen molar-refractivity contribution in [1.82, 2.24) is 5.16 Å². The minimum atomic E-state index is 0.259. The van der Waals surface area contributed by atoms with E-state index in [1.807, 2.05) is 25.1 Å². The number of rotatable bonds is 10. The first-order chi connectivity index (χ1) is 12.2. The van der Waals surface area contributed by atoms with E-state index in [2.05, 4.69) is 17.1 Å². The van der Waals surface area contributed by atoms with Crippen LogP contribution in [0.25, 0.3) is 0 Å². The highest BCUT2D eigenvalue weighted by molar-refractivity contribution is 7.15. The summed E-state index contributed by atoms with van der Waals surface area (Å²) in [7, 11) is 0. The van der Waals surface area contributed by atoms with E-state index in [1.54, 1.807) is 11.3 Å². The van der Waals surface area contributed by atoms with Gasteiger partial charge in [0.05, 0.1) is 23.2 Å². The molecule has 0 amide bonds. The summed E-state index contributed by atoms with van der Waals surface area (Å²) in [6, 6.07) is 6.32. The van der Waals surface area contributed by atoms with Crippen molar-refractivity contribution < 1.29 is 14.0 Å². The van der Waals surface area contributed by atoms with Gasteiger partial charge in [0, 0.05) is 12.5 Å². The number of ether oxygens (including phenoxy) is 2. The van der Waals surface area contributed by atoms with Gasteiger partial charge in [-0.1, -0.05) is 35.8 Å². The normalized spacial score (nSPS) is 16.7. The number of hydrogen-bond acceptors (Lipinski definition) is 6. The van der Waals surface area contributed by atoms with Crippen LogP contribution >= 0.6 is 11.3 Å². The SMILES string of the molecule is Cc1cc(CCCCCCCOc2ccc(C3=N[C@@H](C)CO3)s2)on1. The van der Waals surface area contributed by atoms with Gasteiger partial charge in [0.15, 0.2) is 5.06 Å². The first-order valence-corrected chi connectivity index (χ1v) is 9.88. The molecule has 0 radical (unpaired) electrons. The first-order valence-electron chi connectivity index (χ1n) is 9.06. The second kappa shape index (κ2) is 9.04. The van der Waals surface area contributed by atoms with Crippen LogP contribution in [0.1, 0.15) is 55.4 Å². The highest BCUT2D eigenvalue weighted by Gasteiger charge is 2.18. The van der Waals surface area contributed by atoms with E-state index in [0.717, 1.165) is 53.2 Å². The molecule has 1 aliphatic heterocycles. The minimum Gasteiger partial charge on any atom is -0.484 e. The number of nitrogens with zero attached hydrogens (tertiary/aromatic N) is 2. The Morgan fingerprint density at radius 1 is 1.20 bits per heavy atom. The quantitative estimate of drug-likeness (QED) is 0.571. The Morgan fingerprint density at radius 2 is 2.04 bits per heavy atom. The molecule has 3 heterocycles. The summed E-state index contributed by atoms with van der Waals surface area (Å²) in [5, 5.41) is 4.86. The molecule has 0 bridgehead atoms. The molecule has 1 atom stereocenters. The van der Waals surface area contributed by atoms with Gasteiger partial charge in [-0.05, 0) is 38.8 Å². The second-order valence-electron chi connectivity index (χ2n) is 6.51. The van der Waals surface area contributed by atoms with Gasteiger partial charge < -0.3 is 14.0 Å². The molecule has 6 heteroatoms. The Kier molecular flexibility index (Phi) is 6.50. The molecule has 0 fully saturated rings. The maximum Gasteiger partial charge on any atom is 0.227 e. The van der Waals surface area contributed by atoms with E-state index in [-0.39, 0.29) is 6.04 Å². The zero-order valence-corrected chi connectivity index (χ0v) is 15.8. The van der Waals surface area contributed by atoms with E-state index in [1.165, 1.54) is 19.3 Å². The fourth-order valence-corrected chi connectivity index (χ4v) is 3.59. The molecule has 1 aliphatic rings. The Balaban J connectivity index is 1.24. The van der Waals surface area contributed by atoms with Gasteiger partial charge in [-0.25, -0.2) is 4.99 Å². The van der Waals surface area contributed by atoms with Crippen LogP contribution in [0.2, 0.25) is 0 Å². The van der Waals surface area contributed by atoms with Crippen LogP contribution in [-0.2, 0) is 11.2 Å². The average Bonchev–Trinajstić information content (AvgIpc) is 3.31. The zero-order chi connectivity index (χ0) is 17.5. The minimum absolute atomic E-state index is 0.259. The number of hydrogen-bond donors (Lipinski definition) is 0. The summed E-state index contributed by atoms with van der Waals surface area (Å²) < 4.78 is 16.6. The number of thiophene rings is 1. The van der Waals surface area contributed by atoms with Gasteiger partial charge in [-0.2, -0.15) is 0 Å². The van der Waals surface area contributed by atoms with E-state index in [4.69, 9.17) is 14.0 Å². The van der Waals surface area contributed by atoms with E-state index >= 15 is 0 Å². The molecule has 2 aromatic heterocycles. The molecular weight excluding hydrogens is 336 g/mol. The van der Waals surface area contributed by atoms with Crippen LogP contribution in [0.4, 0.5) is 0 Å². The molecule has 5 nitrogen and oxygen atoms in total. The van der Waals surface area contributed by atoms with Crippen molar-refractivity contribution in [2.24, 2.45) is 4.99 Å². The molecule has 0 aliphatic carbocycles. The Labute approximate surface area is 153 Å². The summed E-state index contributed by atoms with van der Waals surface area (Å²) >= 11 is 1.61. The second-order valence-corrected chi connectivity index (χ2v) is 7.56. The highest BCUT2D eigenvalue weighted by Crippen LogP contribution is 2.27. The van der Waals surface area contributed by atoms with Crippen molar-refractivity contribution in [1.29, 1.82) is 0 Å². The van der Waals surface area contributed by atoms with Crippen LogP contribution in [0.5, 0.6) is 5.06 Å². The summed E-state index contributed by atoms with van der Waals surface area (Å²) in [4.78, 5) is 5.53. The summed E-state index contributed by atoms with van der Waals surface area (Å²) in [6.45, 7) is 5.47. The van der Waals surface area contributed by atoms with Gasteiger partial charge in [0.25, 0.3) is 0 Å². The standard InChI is InChI=1S/C19H26N2O3S/c1-14-12-16(24-21-14)8-6-4-3-5-7-11-22-18-10-9-17(25-18)19-20-15(2)13-23-19/h9-10,12,15H,3-8,11,13H2,1-2H3/t15-/m0/s1. The molecule has 3 rings (SSSR count). The number of aryl methyl sites for hydroxylation is 2. The van der Waals surface area contributed by atoms with Crippen molar-refractivity contribution in [3.05, 3.63) is 34.5 Å². The fourth-order valence-electron chi connectivity index (χ4n) is 2.76. The molecule has 0 aromatic carbocycles. The third kappa shape index (κ3) is 5.59. The van der Waals surface area contributed by atoms with Crippen molar-refractivity contribution in [2.45, 2.75) is 58.4 Å².